The van der Waals surface area contributed by atoms with E-state index in [1.807, 2.05) is 30.0 Å². The third-order valence-corrected chi connectivity index (χ3v) is 3.72. The zero-order valence-electron chi connectivity index (χ0n) is 11.6. The highest BCUT2D eigenvalue weighted by Crippen LogP contribution is 2.20. The number of aryl methyl sites for hydroxylation is 1. The summed E-state index contributed by atoms with van der Waals surface area (Å²) in [6.45, 7) is 3.54. The molecule has 1 aromatic heterocycles. The molecule has 0 bridgehead atoms. The molecule has 0 N–H and O–H groups in total. The Bertz CT molecular complexity index is 594. The van der Waals surface area contributed by atoms with Gasteiger partial charge in [-0.2, -0.15) is 15.0 Å². The van der Waals surface area contributed by atoms with Crippen LogP contribution in [0.5, 0.6) is 0 Å². The van der Waals surface area contributed by atoms with Crippen molar-refractivity contribution in [2.75, 3.05) is 13.1 Å². The molecule has 0 radical (unpaired) electrons. The Kier molecular flexibility index (Phi) is 3.50. The molecule has 1 unspecified atom stereocenters. The van der Waals surface area contributed by atoms with Crippen LogP contribution in [-0.2, 0) is 11.2 Å². The van der Waals surface area contributed by atoms with Crippen molar-refractivity contribution in [1.82, 2.24) is 19.9 Å². The molecule has 1 atom stereocenters. The minimum absolute atomic E-state index is 0.185. The van der Waals surface area contributed by atoms with Crippen LogP contribution in [0.25, 0.3) is 0 Å². The second kappa shape index (κ2) is 5.45. The first-order chi connectivity index (χ1) is 9.72. The number of rotatable bonds is 3. The van der Waals surface area contributed by atoms with Crippen LogP contribution in [0.2, 0.25) is 0 Å². The lowest BCUT2D eigenvalue weighted by Crippen LogP contribution is -2.30. The first-order valence-electron chi connectivity index (χ1n) is 6.91. The number of aromatic nitrogens is 3. The molecule has 0 saturated carbocycles. The molecule has 1 saturated heterocycles. The second-order valence-electron chi connectivity index (χ2n) is 5.30. The number of hydrogen-bond donors (Lipinski definition) is 0. The highest BCUT2D eigenvalue weighted by Gasteiger charge is 2.28. The molecule has 1 aliphatic heterocycles. The van der Waals surface area contributed by atoms with Crippen LogP contribution in [0.1, 0.15) is 23.6 Å². The molecule has 0 spiro atoms. The van der Waals surface area contributed by atoms with E-state index in [-0.39, 0.29) is 11.9 Å². The Morgan fingerprint density at radius 2 is 2.15 bits per heavy atom. The molecule has 5 nitrogen and oxygen atoms in total. The zero-order chi connectivity index (χ0) is 13.9. The Labute approximate surface area is 118 Å². The van der Waals surface area contributed by atoms with Crippen molar-refractivity contribution >= 4 is 5.91 Å². The molecule has 5 heteroatoms. The molecule has 1 amide bonds. The quantitative estimate of drug-likeness (QED) is 0.851. The van der Waals surface area contributed by atoms with Crippen LogP contribution in [0.4, 0.5) is 0 Å². The molecule has 1 aromatic carbocycles. The number of likely N-dealkylation sites (tertiary alicyclic amines) is 1. The normalized spacial score (nSPS) is 18.4. The zero-order valence-corrected chi connectivity index (χ0v) is 11.6. The fraction of sp³-hybridized carbons (Fsp3) is 0.400. The summed E-state index contributed by atoms with van der Waals surface area (Å²) in [6.07, 6.45) is 4.75. The number of amides is 1. The molecule has 2 aromatic rings. The molecule has 1 fully saturated rings. The van der Waals surface area contributed by atoms with Crippen molar-refractivity contribution < 1.29 is 4.79 Å². The van der Waals surface area contributed by atoms with E-state index in [0.29, 0.717) is 13.0 Å². The van der Waals surface area contributed by atoms with E-state index in [1.54, 1.807) is 17.2 Å². The minimum atomic E-state index is 0.185. The number of hydrogen-bond acceptors (Lipinski definition) is 3. The summed E-state index contributed by atoms with van der Waals surface area (Å²) < 4.78 is 0. The lowest BCUT2D eigenvalue weighted by molar-refractivity contribution is -0.129. The van der Waals surface area contributed by atoms with Gasteiger partial charge in [0.2, 0.25) is 5.91 Å². The maximum atomic E-state index is 12.3. The Hall–Kier alpha value is -2.17. The van der Waals surface area contributed by atoms with Gasteiger partial charge in [0.1, 0.15) is 0 Å². The van der Waals surface area contributed by atoms with Crippen molar-refractivity contribution in [2.45, 2.75) is 25.8 Å². The summed E-state index contributed by atoms with van der Waals surface area (Å²) in [7, 11) is 0. The third kappa shape index (κ3) is 2.71. The SMILES string of the molecule is Cc1cccc(CC(=O)N2CCC(n3nccn3)C2)c1. The van der Waals surface area contributed by atoms with Gasteiger partial charge in [0.25, 0.3) is 0 Å². The van der Waals surface area contributed by atoms with Crippen molar-refractivity contribution in [3.63, 3.8) is 0 Å². The van der Waals surface area contributed by atoms with Crippen LogP contribution in [0.15, 0.2) is 36.7 Å². The van der Waals surface area contributed by atoms with Gasteiger partial charge in [-0.3, -0.25) is 4.79 Å². The largest absolute Gasteiger partial charge is 0.340 e. The van der Waals surface area contributed by atoms with Gasteiger partial charge < -0.3 is 4.90 Å². The summed E-state index contributed by atoms with van der Waals surface area (Å²) in [5.41, 5.74) is 2.27. The van der Waals surface area contributed by atoms with E-state index < -0.39 is 0 Å². The maximum Gasteiger partial charge on any atom is 0.227 e. The van der Waals surface area contributed by atoms with Gasteiger partial charge >= 0.3 is 0 Å². The Balaban J connectivity index is 1.61. The topological polar surface area (TPSA) is 51.0 Å². The van der Waals surface area contributed by atoms with Crippen molar-refractivity contribution in [2.24, 2.45) is 0 Å². The highest BCUT2D eigenvalue weighted by atomic mass is 16.2. The molecular weight excluding hydrogens is 252 g/mol. The fourth-order valence-electron chi connectivity index (χ4n) is 2.68. The van der Waals surface area contributed by atoms with Gasteiger partial charge in [0.15, 0.2) is 0 Å². The summed E-state index contributed by atoms with van der Waals surface area (Å²) in [6, 6.07) is 8.34. The van der Waals surface area contributed by atoms with E-state index in [1.165, 1.54) is 5.56 Å². The molecule has 1 aliphatic rings. The predicted molar refractivity (Wildman–Crippen MR) is 75.1 cm³/mol. The monoisotopic (exact) mass is 270 g/mol. The molecule has 0 aliphatic carbocycles. The van der Waals surface area contributed by atoms with E-state index in [4.69, 9.17) is 0 Å². The predicted octanol–water partition coefficient (Wildman–Crippen LogP) is 1.60. The Morgan fingerprint density at radius 3 is 2.90 bits per heavy atom. The standard InChI is InChI=1S/C15H18N4O/c1-12-3-2-4-13(9-12)10-15(20)18-8-5-14(11-18)19-16-6-7-17-19/h2-4,6-7,9,14H,5,8,10-11H2,1H3. The number of nitrogens with zero attached hydrogens (tertiary/aromatic N) is 4. The van der Waals surface area contributed by atoms with Gasteiger partial charge in [0.05, 0.1) is 24.9 Å². The van der Waals surface area contributed by atoms with E-state index in [0.717, 1.165) is 18.5 Å². The second-order valence-corrected chi connectivity index (χ2v) is 5.30. The van der Waals surface area contributed by atoms with E-state index >= 15 is 0 Å². The van der Waals surface area contributed by atoms with Crippen LogP contribution < -0.4 is 0 Å². The van der Waals surface area contributed by atoms with Crippen LogP contribution in [-0.4, -0.2) is 38.9 Å². The van der Waals surface area contributed by atoms with Crippen LogP contribution >= 0.6 is 0 Å². The number of carbonyl (C=O) groups is 1. The van der Waals surface area contributed by atoms with E-state index in [2.05, 4.69) is 16.3 Å². The molecule has 2 heterocycles. The number of benzene rings is 1. The highest BCUT2D eigenvalue weighted by molar-refractivity contribution is 5.79. The van der Waals surface area contributed by atoms with Crippen molar-refractivity contribution in [3.05, 3.63) is 47.8 Å². The maximum absolute atomic E-state index is 12.3. The van der Waals surface area contributed by atoms with E-state index in [9.17, 15) is 4.79 Å². The summed E-state index contributed by atoms with van der Waals surface area (Å²) >= 11 is 0. The third-order valence-electron chi connectivity index (χ3n) is 3.72. The Morgan fingerprint density at radius 1 is 1.35 bits per heavy atom. The average molecular weight is 270 g/mol. The molecular formula is C15H18N4O. The minimum Gasteiger partial charge on any atom is -0.340 e. The fourth-order valence-corrected chi connectivity index (χ4v) is 2.68. The first-order valence-corrected chi connectivity index (χ1v) is 6.91. The lowest BCUT2D eigenvalue weighted by Gasteiger charge is -2.16. The van der Waals surface area contributed by atoms with Gasteiger partial charge in [-0.05, 0) is 18.9 Å². The molecule has 20 heavy (non-hydrogen) atoms. The summed E-state index contributed by atoms with van der Waals surface area (Å²) in [4.78, 5) is 15.9. The van der Waals surface area contributed by atoms with Gasteiger partial charge in [0, 0.05) is 13.1 Å². The van der Waals surface area contributed by atoms with Crippen molar-refractivity contribution in [1.29, 1.82) is 0 Å². The molecule has 104 valence electrons. The number of carbonyl (C=O) groups excluding carboxylic acids is 1. The van der Waals surface area contributed by atoms with Crippen molar-refractivity contribution in [3.8, 4) is 0 Å². The van der Waals surface area contributed by atoms with Gasteiger partial charge in [-0.1, -0.05) is 29.8 Å². The van der Waals surface area contributed by atoms with Crippen LogP contribution in [0, 0.1) is 6.92 Å². The summed E-state index contributed by atoms with van der Waals surface area (Å²) in [5.74, 6) is 0.185. The van der Waals surface area contributed by atoms with Gasteiger partial charge in [-0.15, -0.1) is 0 Å². The average Bonchev–Trinajstić information content (AvgIpc) is 3.10. The van der Waals surface area contributed by atoms with Crippen LogP contribution in [0.3, 0.4) is 0 Å². The lowest BCUT2D eigenvalue weighted by atomic mass is 10.1. The summed E-state index contributed by atoms with van der Waals surface area (Å²) in [5, 5.41) is 8.31. The molecule has 3 rings (SSSR count). The smallest absolute Gasteiger partial charge is 0.227 e. The van der Waals surface area contributed by atoms with Gasteiger partial charge in [-0.25, -0.2) is 0 Å². The first kappa shape index (κ1) is 12.8.